The SMILES string of the molecule is O=C(O)N1CC[C@@H](Cc2cccc(F)c2)C1. The van der Waals surface area contributed by atoms with Crippen LogP contribution in [-0.4, -0.2) is 29.2 Å². The smallest absolute Gasteiger partial charge is 0.407 e. The largest absolute Gasteiger partial charge is 0.465 e. The summed E-state index contributed by atoms with van der Waals surface area (Å²) < 4.78 is 12.9. The molecule has 0 radical (unpaired) electrons. The Morgan fingerprint density at radius 2 is 2.38 bits per heavy atom. The van der Waals surface area contributed by atoms with E-state index in [0.717, 1.165) is 18.4 Å². The Morgan fingerprint density at radius 3 is 3.00 bits per heavy atom. The quantitative estimate of drug-likeness (QED) is 0.836. The van der Waals surface area contributed by atoms with Crippen LogP contribution in [0.5, 0.6) is 0 Å². The normalized spacial score (nSPS) is 20.1. The summed E-state index contributed by atoms with van der Waals surface area (Å²) in [6.07, 6.45) is 0.756. The van der Waals surface area contributed by atoms with Crippen molar-refractivity contribution in [2.75, 3.05) is 13.1 Å². The lowest BCUT2D eigenvalue weighted by Crippen LogP contribution is -2.26. The molecule has 1 amide bonds. The molecule has 1 aromatic rings. The van der Waals surface area contributed by atoms with E-state index in [4.69, 9.17) is 5.11 Å². The van der Waals surface area contributed by atoms with Gasteiger partial charge in [-0.2, -0.15) is 0 Å². The first-order valence-corrected chi connectivity index (χ1v) is 5.37. The molecule has 0 aromatic heterocycles. The van der Waals surface area contributed by atoms with Gasteiger partial charge < -0.3 is 10.0 Å². The summed E-state index contributed by atoms with van der Waals surface area (Å²) in [6.45, 7) is 1.15. The van der Waals surface area contributed by atoms with E-state index in [9.17, 15) is 9.18 Å². The molecule has 2 rings (SSSR count). The molecule has 0 unspecified atom stereocenters. The fourth-order valence-electron chi connectivity index (χ4n) is 2.17. The van der Waals surface area contributed by atoms with Crippen LogP contribution < -0.4 is 0 Å². The van der Waals surface area contributed by atoms with Crippen molar-refractivity contribution >= 4 is 6.09 Å². The summed E-state index contributed by atoms with van der Waals surface area (Å²) in [6, 6.07) is 6.51. The molecule has 16 heavy (non-hydrogen) atoms. The summed E-state index contributed by atoms with van der Waals surface area (Å²) in [5.74, 6) is 0.0866. The number of amides is 1. The molecule has 0 bridgehead atoms. The number of hydrogen-bond acceptors (Lipinski definition) is 1. The highest BCUT2D eigenvalue weighted by atomic mass is 19.1. The van der Waals surface area contributed by atoms with E-state index >= 15 is 0 Å². The zero-order chi connectivity index (χ0) is 11.5. The van der Waals surface area contributed by atoms with E-state index in [1.165, 1.54) is 17.0 Å². The lowest BCUT2D eigenvalue weighted by atomic mass is 9.99. The van der Waals surface area contributed by atoms with Crippen molar-refractivity contribution in [3.05, 3.63) is 35.6 Å². The van der Waals surface area contributed by atoms with Crippen molar-refractivity contribution < 1.29 is 14.3 Å². The second kappa shape index (κ2) is 4.51. The molecular weight excluding hydrogens is 209 g/mol. The topological polar surface area (TPSA) is 40.5 Å². The number of halogens is 1. The molecule has 1 aromatic carbocycles. The van der Waals surface area contributed by atoms with Crippen LogP contribution in [0, 0.1) is 11.7 Å². The van der Waals surface area contributed by atoms with Crippen LogP contribution in [0.2, 0.25) is 0 Å². The van der Waals surface area contributed by atoms with Crippen molar-refractivity contribution in [3.8, 4) is 0 Å². The van der Waals surface area contributed by atoms with E-state index in [2.05, 4.69) is 0 Å². The third-order valence-corrected chi connectivity index (χ3v) is 2.97. The van der Waals surface area contributed by atoms with Crippen molar-refractivity contribution in [1.29, 1.82) is 0 Å². The van der Waals surface area contributed by atoms with Crippen LogP contribution in [0.4, 0.5) is 9.18 Å². The Bertz CT molecular complexity index is 394. The number of likely N-dealkylation sites (tertiary alicyclic amines) is 1. The van der Waals surface area contributed by atoms with Crippen molar-refractivity contribution in [2.24, 2.45) is 5.92 Å². The number of nitrogens with zero attached hydrogens (tertiary/aromatic N) is 1. The average Bonchev–Trinajstić information content (AvgIpc) is 2.66. The molecule has 4 heteroatoms. The zero-order valence-corrected chi connectivity index (χ0v) is 8.90. The third kappa shape index (κ3) is 2.51. The van der Waals surface area contributed by atoms with E-state index in [-0.39, 0.29) is 5.82 Å². The van der Waals surface area contributed by atoms with Crippen molar-refractivity contribution in [3.63, 3.8) is 0 Å². The van der Waals surface area contributed by atoms with Crippen molar-refractivity contribution in [2.45, 2.75) is 12.8 Å². The van der Waals surface area contributed by atoms with Crippen LogP contribution in [0.3, 0.4) is 0 Å². The molecule has 3 nitrogen and oxygen atoms in total. The van der Waals surface area contributed by atoms with Gasteiger partial charge in [-0.25, -0.2) is 9.18 Å². The number of benzene rings is 1. The summed E-state index contributed by atoms with van der Waals surface area (Å²) in [5, 5.41) is 8.81. The Morgan fingerprint density at radius 1 is 1.56 bits per heavy atom. The first kappa shape index (κ1) is 10.9. The molecule has 1 atom stereocenters. The number of hydrogen-bond donors (Lipinski definition) is 1. The van der Waals surface area contributed by atoms with Crippen LogP contribution in [0.1, 0.15) is 12.0 Å². The monoisotopic (exact) mass is 223 g/mol. The molecule has 0 aliphatic carbocycles. The lowest BCUT2D eigenvalue weighted by Gasteiger charge is -2.12. The molecule has 1 heterocycles. The highest BCUT2D eigenvalue weighted by Crippen LogP contribution is 2.21. The van der Waals surface area contributed by atoms with Crippen LogP contribution in [0.15, 0.2) is 24.3 Å². The molecule has 1 aliphatic heterocycles. The average molecular weight is 223 g/mol. The highest BCUT2D eigenvalue weighted by Gasteiger charge is 2.25. The maximum Gasteiger partial charge on any atom is 0.407 e. The van der Waals surface area contributed by atoms with Gasteiger partial charge in [0.25, 0.3) is 0 Å². The van der Waals surface area contributed by atoms with Gasteiger partial charge in [0.15, 0.2) is 0 Å². The first-order valence-electron chi connectivity index (χ1n) is 5.37. The van der Waals surface area contributed by atoms with Gasteiger partial charge in [0.2, 0.25) is 0 Å². The fraction of sp³-hybridized carbons (Fsp3) is 0.417. The predicted molar refractivity (Wildman–Crippen MR) is 57.8 cm³/mol. The Labute approximate surface area is 93.5 Å². The maximum absolute atomic E-state index is 12.9. The molecule has 1 N–H and O–H groups in total. The fourth-order valence-corrected chi connectivity index (χ4v) is 2.17. The Hall–Kier alpha value is -1.58. The second-order valence-electron chi connectivity index (χ2n) is 4.22. The predicted octanol–water partition coefficient (Wildman–Crippen LogP) is 2.37. The minimum atomic E-state index is -0.859. The van der Waals surface area contributed by atoms with Gasteiger partial charge in [0.1, 0.15) is 5.82 Å². The van der Waals surface area contributed by atoms with Crippen molar-refractivity contribution in [1.82, 2.24) is 4.90 Å². The molecule has 1 aliphatic rings. The number of carbonyl (C=O) groups is 1. The molecule has 0 saturated carbocycles. The maximum atomic E-state index is 12.9. The summed E-state index contributed by atoms with van der Waals surface area (Å²) >= 11 is 0. The minimum absolute atomic E-state index is 0.231. The number of carboxylic acid groups (broad SMARTS) is 1. The molecule has 0 spiro atoms. The van der Waals surface area contributed by atoms with Gasteiger partial charge in [-0.15, -0.1) is 0 Å². The minimum Gasteiger partial charge on any atom is -0.465 e. The van der Waals surface area contributed by atoms with E-state index in [0.29, 0.717) is 19.0 Å². The Kier molecular flexibility index (Phi) is 3.08. The van der Waals surface area contributed by atoms with Gasteiger partial charge >= 0.3 is 6.09 Å². The summed E-state index contributed by atoms with van der Waals surface area (Å²) in [5.41, 5.74) is 0.942. The van der Waals surface area contributed by atoms with Gasteiger partial charge in [-0.1, -0.05) is 12.1 Å². The van der Waals surface area contributed by atoms with Crippen LogP contribution in [-0.2, 0) is 6.42 Å². The van der Waals surface area contributed by atoms with E-state index in [1.54, 1.807) is 6.07 Å². The lowest BCUT2D eigenvalue weighted by molar-refractivity contribution is 0.154. The van der Waals surface area contributed by atoms with Gasteiger partial charge in [0, 0.05) is 13.1 Å². The van der Waals surface area contributed by atoms with E-state index in [1.807, 2.05) is 6.07 Å². The molecule has 86 valence electrons. The van der Waals surface area contributed by atoms with Crippen LogP contribution >= 0.6 is 0 Å². The Balaban J connectivity index is 1.94. The zero-order valence-electron chi connectivity index (χ0n) is 8.90. The second-order valence-corrected chi connectivity index (χ2v) is 4.22. The molecule has 1 fully saturated rings. The molecular formula is C12H14FNO2. The summed E-state index contributed by atoms with van der Waals surface area (Å²) in [7, 11) is 0. The molecule has 1 saturated heterocycles. The third-order valence-electron chi connectivity index (χ3n) is 2.97. The van der Waals surface area contributed by atoms with Crippen LogP contribution in [0.25, 0.3) is 0 Å². The highest BCUT2D eigenvalue weighted by molar-refractivity contribution is 5.65. The standard InChI is InChI=1S/C12H14FNO2/c13-11-3-1-2-9(7-11)6-10-4-5-14(8-10)12(15)16/h1-3,7,10H,4-6,8H2,(H,15,16)/t10-/m0/s1. The van der Waals surface area contributed by atoms with Gasteiger partial charge in [-0.05, 0) is 36.5 Å². The van der Waals surface area contributed by atoms with E-state index < -0.39 is 6.09 Å². The summed E-state index contributed by atoms with van der Waals surface area (Å²) in [4.78, 5) is 12.1. The number of rotatable bonds is 2. The van der Waals surface area contributed by atoms with Gasteiger partial charge in [-0.3, -0.25) is 0 Å². The van der Waals surface area contributed by atoms with Gasteiger partial charge in [0.05, 0.1) is 0 Å². The first-order chi connectivity index (χ1) is 7.65.